The van der Waals surface area contributed by atoms with Gasteiger partial charge in [-0.3, -0.25) is 9.78 Å². The van der Waals surface area contributed by atoms with Gasteiger partial charge in [0, 0.05) is 23.0 Å². The number of hydrogen-bond donors (Lipinski definition) is 1. The van der Waals surface area contributed by atoms with E-state index in [1.807, 2.05) is 30.3 Å². The maximum atomic E-state index is 12.9. The molecule has 0 atom stereocenters. The number of rotatable bonds is 3. The van der Waals surface area contributed by atoms with Crippen molar-refractivity contribution in [1.82, 2.24) is 10.3 Å². The second kappa shape index (κ2) is 5.95. The van der Waals surface area contributed by atoms with Crippen LogP contribution >= 0.6 is 0 Å². The van der Waals surface area contributed by atoms with Crippen LogP contribution in [0.4, 0.5) is 0 Å². The number of carbonyl (C=O) groups is 1. The molecule has 3 heteroatoms. The molecule has 120 valence electrons. The van der Waals surface area contributed by atoms with Crippen LogP contribution in [-0.2, 0) is 0 Å². The Morgan fingerprint density at radius 1 is 1.09 bits per heavy atom. The molecule has 2 aliphatic rings. The zero-order chi connectivity index (χ0) is 15.8. The number of nitrogens with zero attached hydrogens (tertiary/aromatic N) is 1. The Bertz CT molecular complexity index is 727. The minimum absolute atomic E-state index is 0.0741. The van der Waals surface area contributed by atoms with Gasteiger partial charge in [0.05, 0.1) is 11.1 Å². The van der Waals surface area contributed by atoms with Crippen LogP contribution in [0.5, 0.6) is 0 Å². The summed E-state index contributed by atoms with van der Waals surface area (Å²) in [5, 5.41) is 4.24. The highest BCUT2D eigenvalue weighted by atomic mass is 16.1. The number of para-hydroxylation sites is 1. The lowest BCUT2D eigenvalue weighted by molar-refractivity contribution is 0.0924. The van der Waals surface area contributed by atoms with E-state index < -0.39 is 0 Å². The van der Waals surface area contributed by atoms with E-state index in [1.54, 1.807) is 0 Å². The Labute approximate surface area is 137 Å². The molecule has 1 amide bonds. The lowest BCUT2D eigenvalue weighted by Crippen LogP contribution is -2.37. The highest BCUT2D eigenvalue weighted by Crippen LogP contribution is 2.40. The number of benzene rings is 1. The molecule has 2 aliphatic carbocycles. The number of nitrogens with one attached hydrogen (secondary N) is 1. The van der Waals surface area contributed by atoms with Crippen molar-refractivity contribution in [3.05, 3.63) is 41.6 Å². The largest absolute Gasteiger partial charge is 0.349 e. The van der Waals surface area contributed by atoms with E-state index in [2.05, 4.69) is 12.2 Å². The van der Waals surface area contributed by atoms with Crippen LogP contribution in [-0.4, -0.2) is 16.9 Å². The highest BCUT2D eigenvalue weighted by molar-refractivity contribution is 6.06. The van der Waals surface area contributed by atoms with Crippen LogP contribution in [0.1, 0.15) is 67.4 Å². The van der Waals surface area contributed by atoms with Gasteiger partial charge in [0.2, 0.25) is 0 Å². The van der Waals surface area contributed by atoms with Crippen molar-refractivity contribution in [2.45, 2.75) is 57.4 Å². The van der Waals surface area contributed by atoms with Crippen LogP contribution < -0.4 is 5.32 Å². The summed E-state index contributed by atoms with van der Waals surface area (Å²) < 4.78 is 0. The quantitative estimate of drug-likeness (QED) is 0.912. The summed E-state index contributed by atoms with van der Waals surface area (Å²) in [6.45, 7) is 2.30. The Hall–Kier alpha value is -1.90. The van der Waals surface area contributed by atoms with Gasteiger partial charge >= 0.3 is 0 Å². The molecule has 1 aromatic carbocycles. The van der Waals surface area contributed by atoms with Crippen LogP contribution in [0.25, 0.3) is 10.9 Å². The predicted molar refractivity (Wildman–Crippen MR) is 92.6 cm³/mol. The zero-order valence-electron chi connectivity index (χ0n) is 13.7. The highest BCUT2D eigenvalue weighted by Gasteiger charge is 2.27. The molecule has 2 saturated carbocycles. The van der Waals surface area contributed by atoms with Gasteiger partial charge in [-0.05, 0) is 56.6 Å². The standard InChI is InChI=1S/C20H24N2O/c1-13-6-10-15(11-7-13)21-20(23)17-12-19(14-8-9-14)22-18-5-3-2-4-16(17)18/h2-5,12-15H,6-11H2,1H3,(H,21,23). The first-order valence-electron chi connectivity index (χ1n) is 8.91. The van der Waals surface area contributed by atoms with Crippen molar-refractivity contribution in [2.24, 2.45) is 5.92 Å². The third-order valence-electron chi connectivity index (χ3n) is 5.33. The number of carbonyl (C=O) groups excluding carboxylic acids is 1. The van der Waals surface area contributed by atoms with Crippen LogP contribution in [0, 0.1) is 5.92 Å². The lowest BCUT2D eigenvalue weighted by atomic mass is 9.87. The number of aromatic nitrogens is 1. The third kappa shape index (κ3) is 3.10. The molecule has 0 aliphatic heterocycles. The van der Waals surface area contributed by atoms with E-state index >= 15 is 0 Å². The molecule has 1 N–H and O–H groups in total. The van der Waals surface area contributed by atoms with Gasteiger partial charge in [-0.25, -0.2) is 0 Å². The Morgan fingerprint density at radius 2 is 1.83 bits per heavy atom. The first kappa shape index (κ1) is 14.7. The molecule has 23 heavy (non-hydrogen) atoms. The molecular weight excluding hydrogens is 284 g/mol. The summed E-state index contributed by atoms with van der Waals surface area (Å²) in [6.07, 6.45) is 7.04. The molecule has 2 aromatic rings. The molecule has 1 aromatic heterocycles. The van der Waals surface area contributed by atoms with Crippen molar-refractivity contribution in [1.29, 1.82) is 0 Å². The Morgan fingerprint density at radius 3 is 2.57 bits per heavy atom. The van der Waals surface area contributed by atoms with Crippen molar-refractivity contribution in [2.75, 3.05) is 0 Å². The first-order valence-corrected chi connectivity index (χ1v) is 8.91. The van der Waals surface area contributed by atoms with Gasteiger partial charge in [-0.2, -0.15) is 0 Å². The summed E-state index contributed by atoms with van der Waals surface area (Å²) in [7, 11) is 0. The fourth-order valence-corrected chi connectivity index (χ4v) is 3.64. The van der Waals surface area contributed by atoms with Gasteiger partial charge in [0.15, 0.2) is 0 Å². The maximum absolute atomic E-state index is 12.9. The summed E-state index contributed by atoms with van der Waals surface area (Å²) in [5.41, 5.74) is 2.83. The summed E-state index contributed by atoms with van der Waals surface area (Å²) in [6, 6.07) is 10.4. The fraction of sp³-hybridized carbons (Fsp3) is 0.500. The molecule has 4 rings (SSSR count). The fourth-order valence-electron chi connectivity index (χ4n) is 3.64. The van der Waals surface area contributed by atoms with E-state index in [9.17, 15) is 4.79 Å². The molecule has 0 spiro atoms. The van der Waals surface area contributed by atoms with E-state index in [0.29, 0.717) is 12.0 Å². The van der Waals surface area contributed by atoms with E-state index in [-0.39, 0.29) is 5.91 Å². The number of pyridine rings is 1. The van der Waals surface area contributed by atoms with Gasteiger partial charge in [-0.1, -0.05) is 25.1 Å². The zero-order valence-corrected chi connectivity index (χ0v) is 13.7. The first-order chi connectivity index (χ1) is 11.2. The summed E-state index contributed by atoms with van der Waals surface area (Å²) in [5.74, 6) is 1.43. The average molecular weight is 308 g/mol. The predicted octanol–water partition coefficient (Wildman–Crippen LogP) is 4.42. The van der Waals surface area contributed by atoms with E-state index in [0.717, 1.165) is 40.9 Å². The topological polar surface area (TPSA) is 42.0 Å². The normalized spacial score (nSPS) is 24.6. The van der Waals surface area contributed by atoms with Crippen molar-refractivity contribution in [3.63, 3.8) is 0 Å². The summed E-state index contributed by atoms with van der Waals surface area (Å²) in [4.78, 5) is 17.6. The number of hydrogen-bond acceptors (Lipinski definition) is 2. The lowest BCUT2D eigenvalue weighted by Gasteiger charge is -2.27. The van der Waals surface area contributed by atoms with Gasteiger partial charge < -0.3 is 5.32 Å². The maximum Gasteiger partial charge on any atom is 0.252 e. The second-order valence-electron chi connectivity index (χ2n) is 7.32. The molecular formula is C20H24N2O. The molecule has 0 radical (unpaired) electrons. The molecule has 0 saturated heterocycles. The van der Waals surface area contributed by atoms with Gasteiger partial charge in [-0.15, -0.1) is 0 Å². The third-order valence-corrected chi connectivity index (χ3v) is 5.33. The number of amides is 1. The SMILES string of the molecule is CC1CCC(NC(=O)c2cc(C3CC3)nc3ccccc23)CC1. The van der Waals surface area contributed by atoms with E-state index in [1.165, 1.54) is 25.7 Å². The summed E-state index contributed by atoms with van der Waals surface area (Å²) >= 11 is 0. The molecule has 3 nitrogen and oxygen atoms in total. The smallest absolute Gasteiger partial charge is 0.252 e. The minimum atomic E-state index is 0.0741. The molecule has 1 heterocycles. The van der Waals surface area contributed by atoms with Crippen LogP contribution in [0.3, 0.4) is 0 Å². The monoisotopic (exact) mass is 308 g/mol. The number of fused-ring (bicyclic) bond motifs is 1. The Balaban J connectivity index is 1.62. The van der Waals surface area contributed by atoms with Gasteiger partial charge in [0.1, 0.15) is 0 Å². The Kier molecular flexibility index (Phi) is 3.80. The molecule has 2 fully saturated rings. The van der Waals surface area contributed by atoms with E-state index in [4.69, 9.17) is 4.98 Å². The van der Waals surface area contributed by atoms with Gasteiger partial charge in [0.25, 0.3) is 5.91 Å². The van der Waals surface area contributed by atoms with Crippen molar-refractivity contribution >= 4 is 16.8 Å². The van der Waals surface area contributed by atoms with Crippen molar-refractivity contribution in [3.8, 4) is 0 Å². The average Bonchev–Trinajstić information content (AvgIpc) is 3.41. The minimum Gasteiger partial charge on any atom is -0.349 e. The van der Waals surface area contributed by atoms with Crippen LogP contribution in [0.15, 0.2) is 30.3 Å². The molecule has 0 unspecified atom stereocenters. The molecule has 0 bridgehead atoms. The van der Waals surface area contributed by atoms with Crippen molar-refractivity contribution < 1.29 is 4.79 Å². The second-order valence-corrected chi connectivity index (χ2v) is 7.32. The van der Waals surface area contributed by atoms with Crippen LogP contribution in [0.2, 0.25) is 0 Å².